The van der Waals surface area contributed by atoms with Gasteiger partial charge in [0, 0.05) is 44.7 Å². The van der Waals surface area contributed by atoms with Crippen LogP contribution in [0.25, 0.3) is 0 Å². The first-order valence-corrected chi connectivity index (χ1v) is 8.16. The van der Waals surface area contributed by atoms with Gasteiger partial charge in [-0.2, -0.15) is 5.10 Å². The highest BCUT2D eigenvalue weighted by atomic mass is 16.5. The van der Waals surface area contributed by atoms with E-state index in [9.17, 15) is 9.59 Å². The van der Waals surface area contributed by atoms with Gasteiger partial charge in [-0.3, -0.25) is 9.59 Å². The van der Waals surface area contributed by atoms with E-state index in [4.69, 9.17) is 4.74 Å². The minimum atomic E-state index is -0.0661. The van der Waals surface area contributed by atoms with Crippen LogP contribution in [-0.4, -0.2) is 58.0 Å². The number of aromatic nitrogens is 2. The van der Waals surface area contributed by atoms with Crippen molar-refractivity contribution in [2.45, 2.75) is 13.8 Å². The van der Waals surface area contributed by atoms with Crippen molar-refractivity contribution < 1.29 is 14.3 Å². The van der Waals surface area contributed by atoms with Crippen molar-refractivity contribution in [3.8, 4) is 11.6 Å². The number of piperazine rings is 1. The minimum Gasteiger partial charge on any atom is -0.438 e. The van der Waals surface area contributed by atoms with Crippen LogP contribution >= 0.6 is 0 Å². The lowest BCUT2D eigenvalue weighted by atomic mass is 10.1. The number of nitrogens with zero attached hydrogens (tertiary/aromatic N) is 4. The van der Waals surface area contributed by atoms with Gasteiger partial charge in [0.25, 0.3) is 5.91 Å². The normalized spacial score (nSPS) is 14.3. The van der Waals surface area contributed by atoms with Crippen LogP contribution in [0.2, 0.25) is 0 Å². The van der Waals surface area contributed by atoms with Crippen molar-refractivity contribution in [2.75, 3.05) is 26.2 Å². The molecule has 2 aromatic rings. The van der Waals surface area contributed by atoms with Crippen LogP contribution in [0.5, 0.6) is 11.6 Å². The Morgan fingerprint density at radius 1 is 1.00 bits per heavy atom. The van der Waals surface area contributed by atoms with Crippen molar-refractivity contribution in [3.63, 3.8) is 0 Å². The maximum absolute atomic E-state index is 12.7. The number of ether oxygens (including phenoxy) is 1. The van der Waals surface area contributed by atoms with E-state index in [1.807, 2.05) is 13.0 Å². The van der Waals surface area contributed by atoms with E-state index in [0.29, 0.717) is 43.4 Å². The topological polar surface area (TPSA) is 75.6 Å². The van der Waals surface area contributed by atoms with E-state index in [0.717, 1.165) is 5.69 Å². The first kappa shape index (κ1) is 16.9. The maximum atomic E-state index is 12.7. The third-order valence-electron chi connectivity index (χ3n) is 4.09. The summed E-state index contributed by atoms with van der Waals surface area (Å²) in [5, 5.41) is 7.90. The average molecular weight is 340 g/mol. The second kappa shape index (κ2) is 7.29. The van der Waals surface area contributed by atoms with Crippen LogP contribution in [-0.2, 0) is 4.79 Å². The molecule has 7 nitrogen and oxygen atoms in total. The Bertz CT molecular complexity index is 768. The first-order valence-electron chi connectivity index (χ1n) is 8.16. The summed E-state index contributed by atoms with van der Waals surface area (Å²) in [7, 11) is 0. The van der Waals surface area contributed by atoms with Gasteiger partial charge in [0.2, 0.25) is 11.8 Å². The molecule has 2 amide bonds. The molecule has 0 radical (unpaired) electrons. The summed E-state index contributed by atoms with van der Waals surface area (Å²) in [5.41, 5.74) is 1.36. The summed E-state index contributed by atoms with van der Waals surface area (Å²) < 4.78 is 5.66. The summed E-state index contributed by atoms with van der Waals surface area (Å²) in [4.78, 5) is 27.5. The van der Waals surface area contributed by atoms with E-state index in [-0.39, 0.29) is 11.8 Å². The molecule has 25 heavy (non-hydrogen) atoms. The minimum absolute atomic E-state index is 0.0432. The summed E-state index contributed by atoms with van der Waals surface area (Å²) >= 11 is 0. The molecular formula is C18H20N4O3. The molecule has 1 aliphatic heterocycles. The number of rotatable bonds is 3. The van der Waals surface area contributed by atoms with Gasteiger partial charge in [-0.1, -0.05) is 6.07 Å². The average Bonchev–Trinajstić information content (AvgIpc) is 2.63. The van der Waals surface area contributed by atoms with E-state index in [2.05, 4.69) is 10.2 Å². The smallest absolute Gasteiger partial charge is 0.254 e. The van der Waals surface area contributed by atoms with E-state index in [1.54, 1.807) is 47.1 Å². The Morgan fingerprint density at radius 2 is 1.72 bits per heavy atom. The molecule has 0 bridgehead atoms. The molecule has 2 heterocycles. The molecule has 0 aliphatic carbocycles. The molecular weight excluding hydrogens is 320 g/mol. The molecule has 0 atom stereocenters. The van der Waals surface area contributed by atoms with Gasteiger partial charge in [0.05, 0.1) is 5.69 Å². The highest BCUT2D eigenvalue weighted by Gasteiger charge is 2.23. The Hall–Kier alpha value is -2.96. The Labute approximate surface area is 146 Å². The second-order valence-corrected chi connectivity index (χ2v) is 5.94. The molecule has 0 unspecified atom stereocenters. The molecule has 130 valence electrons. The zero-order chi connectivity index (χ0) is 17.8. The van der Waals surface area contributed by atoms with Crippen molar-refractivity contribution in [3.05, 3.63) is 47.7 Å². The monoisotopic (exact) mass is 340 g/mol. The Morgan fingerprint density at radius 3 is 2.36 bits per heavy atom. The van der Waals surface area contributed by atoms with Gasteiger partial charge in [-0.05, 0) is 31.2 Å². The maximum Gasteiger partial charge on any atom is 0.254 e. The van der Waals surface area contributed by atoms with Gasteiger partial charge < -0.3 is 14.5 Å². The lowest BCUT2D eigenvalue weighted by Gasteiger charge is -2.34. The van der Waals surface area contributed by atoms with Gasteiger partial charge in [0.1, 0.15) is 5.75 Å². The van der Waals surface area contributed by atoms with E-state index >= 15 is 0 Å². The second-order valence-electron chi connectivity index (χ2n) is 5.94. The molecule has 0 saturated carbocycles. The SMILES string of the molecule is CC(=O)N1CCN(C(=O)c2cccc(Oc3ccc(C)nn3)c2)CC1. The molecule has 7 heteroatoms. The van der Waals surface area contributed by atoms with Crippen molar-refractivity contribution in [2.24, 2.45) is 0 Å². The van der Waals surface area contributed by atoms with Crippen LogP contribution in [0, 0.1) is 6.92 Å². The van der Waals surface area contributed by atoms with Gasteiger partial charge in [-0.25, -0.2) is 0 Å². The van der Waals surface area contributed by atoms with Crippen LogP contribution < -0.4 is 4.74 Å². The predicted molar refractivity (Wildman–Crippen MR) is 91.4 cm³/mol. The molecule has 1 fully saturated rings. The van der Waals surface area contributed by atoms with Gasteiger partial charge in [0.15, 0.2) is 0 Å². The van der Waals surface area contributed by atoms with E-state index in [1.165, 1.54) is 0 Å². The van der Waals surface area contributed by atoms with Gasteiger partial charge in [-0.15, -0.1) is 5.10 Å². The number of aryl methyl sites for hydroxylation is 1. The molecule has 1 aliphatic rings. The Balaban J connectivity index is 1.67. The quantitative estimate of drug-likeness (QED) is 0.853. The van der Waals surface area contributed by atoms with Crippen LogP contribution in [0.1, 0.15) is 23.0 Å². The number of hydrogen-bond acceptors (Lipinski definition) is 5. The standard InChI is InChI=1S/C18H20N4O3/c1-13-6-7-17(20-19-13)25-16-5-3-4-15(12-16)18(24)22-10-8-21(9-11-22)14(2)23/h3-7,12H,8-11H2,1-2H3. The first-order chi connectivity index (χ1) is 12.0. The fourth-order valence-corrected chi connectivity index (χ4v) is 2.66. The summed E-state index contributed by atoms with van der Waals surface area (Å²) in [6.07, 6.45) is 0. The highest BCUT2D eigenvalue weighted by Crippen LogP contribution is 2.21. The molecule has 3 rings (SSSR count). The summed E-state index contributed by atoms with van der Waals surface area (Å²) in [5.74, 6) is 0.891. The molecule has 0 N–H and O–H groups in total. The zero-order valence-electron chi connectivity index (χ0n) is 14.3. The lowest BCUT2D eigenvalue weighted by Crippen LogP contribution is -2.50. The third kappa shape index (κ3) is 4.12. The fourth-order valence-electron chi connectivity index (χ4n) is 2.66. The van der Waals surface area contributed by atoms with Gasteiger partial charge >= 0.3 is 0 Å². The Kier molecular flexibility index (Phi) is 4.92. The van der Waals surface area contributed by atoms with Crippen molar-refractivity contribution in [1.29, 1.82) is 0 Å². The number of carbonyl (C=O) groups is 2. The third-order valence-corrected chi connectivity index (χ3v) is 4.09. The number of hydrogen-bond donors (Lipinski definition) is 0. The number of benzene rings is 1. The van der Waals surface area contributed by atoms with Crippen LogP contribution in [0.3, 0.4) is 0 Å². The summed E-state index contributed by atoms with van der Waals surface area (Å²) in [6.45, 7) is 5.60. The molecule has 1 aromatic heterocycles. The molecule has 1 saturated heterocycles. The highest BCUT2D eigenvalue weighted by molar-refractivity contribution is 5.94. The molecule has 1 aromatic carbocycles. The summed E-state index contributed by atoms with van der Waals surface area (Å²) in [6, 6.07) is 10.5. The lowest BCUT2D eigenvalue weighted by molar-refractivity contribution is -0.130. The number of amides is 2. The largest absolute Gasteiger partial charge is 0.438 e. The predicted octanol–water partition coefficient (Wildman–Crippen LogP) is 1.88. The van der Waals surface area contributed by atoms with Crippen LogP contribution in [0.4, 0.5) is 0 Å². The molecule has 0 spiro atoms. The van der Waals surface area contributed by atoms with Crippen molar-refractivity contribution in [1.82, 2.24) is 20.0 Å². The van der Waals surface area contributed by atoms with E-state index < -0.39 is 0 Å². The zero-order valence-corrected chi connectivity index (χ0v) is 14.3. The van der Waals surface area contributed by atoms with Crippen molar-refractivity contribution >= 4 is 11.8 Å². The number of carbonyl (C=O) groups excluding carboxylic acids is 2. The fraction of sp³-hybridized carbons (Fsp3) is 0.333. The van der Waals surface area contributed by atoms with Crippen LogP contribution in [0.15, 0.2) is 36.4 Å².